The van der Waals surface area contributed by atoms with Crippen LogP contribution in [0.5, 0.6) is 5.75 Å². The number of methoxy groups -OCH3 is 1. The van der Waals surface area contributed by atoms with Gasteiger partial charge in [0, 0.05) is 13.7 Å². The molecule has 0 aliphatic heterocycles. The largest absolute Gasteiger partial charge is 0.484 e. The van der Waals surface area contributed by atoms with E-state index in [1.165, 1.54) is 0 Å². The SMILES string of the molecule is COCC(CCO)NC(=O)COc1ccc(C)cc1. The van der Waals surface area contributed by atoms with Crippen LogP contribution in [0.1, 0.15) is 12.0 Å². The second kappa shape index (κ2) is 8.50. The van der Waals surface area contributed by atoms with Gasteiger partial charge in [-0.15, -0.1) is 0 Å². The lowest BCUT2D eigenvalue weighted by atomic mass is 10.2. The van der Waals surface area contributed by atoms with Crippen molar-refractivity contribution in [2.75, 3.05) is 26.9 Å². The molecule has 0 fully saturated rings. The third kappa shape index (κ3) is 6.22. The molecule has 0 aliphatic rings. The van der Waals surface area contributed by atoms with Gasteiger partial charge in [0.05, 0.1) is 12.6 Å². The van der Waals surface area contributed by atoms with Crippen LogP contribution >= 0.6 is 0 Å². The fraction of sp³-hybridized carbons (Fsp3) is 0.500. The van der Waals surface area contributed by atoms with Crippen LogP contribution in [0, 0.1) is 6.92 Å². The van der Waals surface area contributed by atoms with Crippen LogP contribution < -0.4 is 10.1 Å². The number of aryl methyl sites for hydroxylation is 1. The number of benzene rings is 1. The van der Waals surface area contributed by atoms with Gasteiger partial charge < -0.3 is 19.9 Å². The van der Waals surface area contributed by atoms with Gasteiger partial charge in [0.15, 0.2) is 6.61 Å². The summed E-state index contributed by atoms with van der Waals surface area (Å²) >= 11 is 0. The van der Waals surface area contributed by atoms with E-state index < -0.39 is 0 Å². The molecule has 2 N–H and O–H groups in total. The summed E-state index contributed by atoms with van der Waals surface area (Å²) in [6, 6.07) is 7.30. The van der Waals surface area contributed by atoms with Crippen molar-refractivity contribution < 1.29 is 19.4 Å². The van der Waals surface area contributed by atoms with E-state index in [-0.39, 0.29) is 25.2 Å². The van der Waals surface area contributed by atoms with Gasteiger partial charge in [-0.2, -0.15) is 0 Å². The van der Waals surface area contributed by atoms with Crippen molar-refractivity contribution in [2.45, 2.75) is 19.4 Å². The van der Waals surface area contributed by atoms with Gasteiger partial charge in [-0.3, -0.25) is 4.79 Å². The van der Waals surface area contributed by atoms with Gasteiger partial charge in [0.25, 0.3) is 5.91 Å². The van der Waals surface area contributed by atoms with E-state index in [1.54, 1.807) is 7.11 Å². The zero-order chi connectivity index (χ0) is 14.1. The van der Waals surface area contributed by atoms with Gasteiger partial charge in [0.2, 0.25) is 0 Å². The molecule has 0 bridgehead atoms. The van der Waals surface area contributed by atoms with Crippen LogP contribution in [0.3, 0.4) is 0 Å². The summed E-state index contributed by atoms with van der Waals surface area (Å²) in [7, 11) is 1.55. The highest BCUT2D eigenvalue weighted by molar-refractivity contribution is 5.77. The quantitative estimate of drug-likeness (QED) is 0.734. The van der Waals surface area contributed by atoms with Crippen molar-refractivity contribution in [1.29, 1.82) is 0 Å². The Bertz CT molecular complexity index is 372. The molecule has 1 unspecified atom stereocenters. The molecule has 1 aromatic rings. The summed E-state index contributed by atoms with van der Waals surface area (Å²) in [5, 5.41) is 11.6. The summed E-state index contributed by atoms with van der Waals surface area (Å²) < 4.78 is 10.3. The Hall–Kier alpha value is -1.59. The first-order chi connectivity index (χ1) is 9.15. The molecule has 19 heavy (non-hydrogen) atoms. The smallest absolute Gasteiger partial charge is 0.258 e. The molecule has 5 nitrogen and oxygen atoms in total. The highest BCUT2D eigenvalue weighted by atomic mass is 16.5. The van der Waals surface area contributed by atoms with E-state index in [9.17, 15) is 4.79 Å². The average Bonchev–Trinajstić information content (AvgIpc) is 2.39. The Morgan fingerprint density at radius 1 is 1.37 bits per heavy atom. The number of nitrogens with one attached hydrogen (secondary N) is 1. The predicted octanol–water partition coefficient (Wildman–Crippen LogP) is 0.887. The van der Waals surface area contributed by atoms with E-state index in [4.69, 9.17) is 14.6 Å². The second-order valence-electron chi connectivity index (χ2n) is 4.33. The lowest BCUT2D eigenvalue weighted by Gasteiger charge is -2.17. The predicted molar refractivity (Wildman–Crippen MR) is 72.2 cm³/mol. The highest BCUT2D eigenvalue weighted by Gasteiger charge is 2.12. The van der Waals surface area contributed by atoms with E-state index in [2.05, 4.69) is 5.32 Å². The van der Waals surface area contributed by atoms with Gasteiger partial charge >= 0.3 is 0 Å². The standard InChI is InChI=1S/C14H21NO4/c1-11-3-5-13(6-4-11)19-10-14(17)15-12(7-8-16)9-18-2/h3-6,12,16H,7-10H2,1-2H3,(H,15,17). The molecular formula is C14H21NO4. The third-order valence-electron chi connectivity index (χ3n) is 2.60. The summed E-state index contributed by atoms with van der Waals surface area (Å²) in [6.07, 6.45) is 0.462. The van der Waals surface area contributed by atoms with Crippen LogP contribution in [-0.4, -0.2) is 44.0 Å². The third-order valence-corrected chi connectivity index (χ3v) is 2.60. The van der Waals surface area contributed by atoms with Crippen molar-refractivity contribution in [2.24, 2.45) is 0 Å². The maximum atomic E-state index is 11.7. The molecule has 0 aliphatic carbocycles. The van der Waals surface area contributed by atoms with Crippen molar-refractivity contribution in [3.05, 3.63) is 29.8 Å². The van der Waals surface area contributed by atoms with Crippen LogP contribution in [0.4, 0.5) is 0 Å². The Labute approximate surface area is 113 Å². The second-order valence-corrected chi connectivity index (χ2v) is 4.33. The molecule has 106 valence electrons. The van der Waals surface area contributed by atoms with E-state index >= 15 is 0 Å². The first-order valence-electron chi connectivity index (χ1n) is 6.24. The van der Waals surface area contributed by atoms with Crippen molar-refractivity contribution in [3.63, 3.8) is 0 Å². The van der Waals surface area contributed by atoms with Crippen molar-refractivity contribution in [1.82, 2.24) is 5.32 Å². The van der Waals surface area contributed by atoms with Crippen LogP contribution in [0.25, 0.3) is 0 Å². The topological polar surface area (TPSA) is 67.8 Å². The van der Waals surface area contributed by atoms with Crippen LogP contribution in [-0.2, 0) is 9.53 Å². The van der Waals surface area contributed by atoms with Crippen molar-refractivity contribution >= 4 is 5.91 Å². The number of hydrogen-bond acceptors (Lipinski definition) is 4. The van der Waals surface area contributed by atoms with Gasteiger partial charge in [-0.05, 0) is 25.5 Å². The number of aliphatic hydroxyl groups excluding tert-OH is 1. The highest BCUT2D eigenvalue weighted by Crippen LogP contribution is 2.10. The number of aliphatic hydroxyl groups is 1. The Morgan fingerprint density at radius 2 is 2.05 bits per heavy atom. The summed E-state index contributed by atoms with van der Waals surface area (Å²) in [5.74, 6) is 0.433. The molecule has 0 spiro atoms. The summed E-state index contributed by atoms with van der Waals surface area (Å²) in [4.78, 5) is 11.7. The minimum atomic E-state index is -0.226. The average molecular weight is 267 g/mol. The van der Waals surface area contributed by atoms with Crippen LogP contribution in [0.2, 0.25) is 0 Å². The fourth-order valence-electron chi connectivity index (χ4n) is 1.61. The summed E-state index contributed by atoms with van der Waals surface area (Å²) in [5.41, 5.74) is 1.14. The number of hydrogen-bond donors (Lipinski definition) is 2. The molecule has 0 heterocycles. The maximum absolute atomic E-state index is 11.7. The number of ether oxygens (including phenoxy) is 2. The Balaban J connectivity index is 2.35. The van der Waals surface area contributed by atoms with E-state index in [1.807, 2.05) is 31.2 Å². The number of carbonyl (C=O) groups is 1. The normalized spacial score (nSPS) is 11.9. The van der Waals surface area contributed by atoms with Crippen LogP contribution in [0.15, 0.2) is 24.3 Å². The molecule has 0 radical (unpaired) electrons. The molecule has 1 rings (SSSR count). The van der Waals surface area contributed by atoms with Gasteiger partial charge in [0.1, 0.15) is 5.75 Å². The number of carbonyl (C=O) groups excluding carboxylic acids is 1. The molecule has 1 atom stereocenters. The lowest BCUT2D eigenvalue weighted by Crippen LogP contribution is -2.41. The molecule has 0 saturated carbocycles. The van der Waals surface area contributed by atoms with Gasteiger partial charge in [-0.1, -0.05) is 17.7 Å². The Morgan fingerprint density at radius 3 is 2.63 bits per heavy atom. The van der Waals surface area contributed by atoms with E-state index in [0.29, 0.717) is 18.8 Å². The first kappa shape index (κ1) is 15.5. The minimum absolute atomic E-state index is 0.00707. The number of amides is 1. The lowest BCUT2D eigenvalue weighted by molar-refractivity contribution is -0.124. The molecule has 1 aromatic carbocycles. The maximum Gasteiger partial charge on any atom is 0.258 e. The molecule has 0 aromatic heterocycles. The van der Waals surface area contributed by atoms with E-state index in [0.717, 1.165) is 5.56 Å². The Kier molecular flexibility index (Phi) is 6.92. The van der Waals surface area contributed by atoms with Crippen molar-refractivity contribution in [3.8, 4) is 5.75 Å². The zero-order valence-corrected chi connectivity index (χ0v) is 11.4. The fourth-order valence-corrected chi connectivity index (χ4v) is 1.61. The van der Waals surface area contributed by atoms with Gasteiger partial charge in [-0.25, -0.2) is 0 Å². The zero-order valence-electron chi connectivity index (χ0n) is 11.4. The first-order valence-corrected chi connectivity index (χ1v) is 6.24. The monoisotopic (exact) mass is 267 g/mol. The molecule has 1 amide bonds. The molecule has 5 heteroatoms. The molecule has 0 saturated heterocycles. The molecular weight excluding hydrogens is 246 g/mol. The number of rotatable bonds is 8. The summed E-state index contributed by atoms with van der Waals surface area (Å²) in [6.45, 7) is 2.32. The minimum Gasteiger partial charge on any atom is -0.484 e.